The molecule has 2 aromatic heterocycles. The number of urea groups is 1. The van der Waals surface area contributed by atoms with Crippen molar-refractivity contribution in [2.24, 2.45) is 0 Å². The number of halogens is 2. The minimum Gasteiger partial charge on any atom is -0.388 e. The lowest BCUT2D eigenvalue weighted by molar-refractivity contribution is 0.173. The van der Waals surface area contributed by atoms with Gasteiger partial charge in [-0.2, -0.15) is 0 Å². The van der Waals surface area contributed by atoms with E-state index < -0.39 is 11.9 Å². The number of nitrogens with zero attached hydrogens (tertiary/aromatic N) is 4. The second kappa shape index (κ2) is 8.49. The predicted molar refractivity (Wildman–Crippen MR) is 112 cm³/mol. The number of anilines is 2. The molecular formula is C20H21F2N5O2S. The van der Waals surface area contributed by atoms with E-state index in [1.807, 2.05) is 6.92 Å². The number of benzene rings is 1. The summed E-state index contributed by atoms with van der Waals surface area (Å²) in [6.45, 7) is 3.46. The average molecular weight is 433 g/mol. The fourth-order valence-corrected chi connectivity index (χ4v) is 4.18. The molecule has 0 bridgehead atoms. The molecule has 0 radical (unpaired) electrons. The van der Waals surface area contributed by atoms with Crippen LogP contribution in [0.5, 0.6) is 0 Å². The molecule has 1 aliphatic rings. The van der Waals surface area contributed by atoms with Crippen molar-refractivity contribution in [3.63, 3.8) is 0 Å². The third-order valence-electron chi connectivity index (χ3n) is 5.04. The van der Waals surface area contributed by atoms with E-state index in [2.05, 4.69) is 15.3 Å². The summed E-state index contributed by atoms with van der Waals surface area (Å²) >= 11 is 1.28. The Hall–Kier alpha value is -2.85. The maximum atomic E-state index is 14.5. The number of amides is 2. The number of aromatic nitrogens is 2. The molecule has 1 aromatic carbocycles. The summed E-state index contributed by atoms with van der Waals surface area (Å²) in [6.07, 6.45) is 1.24. The summed E-state index contributed by atoms with van der Waals surface area (Å²) in [7, 11) is 0. The predicted octanol–water partition coefficient (Wildman–Crippen LogP) is 3.77. The van der Waals surface area contributed by atoms with Crippen molar-refractivity contribution in [3.8, 4) is 0 Å². The summed E-state index contributed by atoms with van der Waals surface area (Å²) in [5, 5.41) is 13.0. The fourth-order valence-electron chi connectivity index (χ4n) is 3.34. The standard InChI is InChI=1S/C20H21F2N5O2S/c1-2-16(28)12-9-14(22)18(23-11-12)26-5-7-27(8-6-26)20(29)25-19-24-15-10-13(21)3-4-17(15)30-19/h3-4,9-11,16,28H,2,5-8H2,1H3,(H,24,25,29)/t16-/m0/s1. The van der Waals surface area contributed by atoms with Gasteiger partial charge in [-0.3, -0.25) is 5.32 Å². The van der Waals surface area contributed by atoms with Gasteiger partial charge >= 0.3 is 6.03 Å². The van der Waals surface area contributed by atoms with Gasteiger partial charge in [0.25, 0.3) is 0 Å². The fraction of sp³-hybridized carbons (Fsp3) is 0.350. The quantitative estimate of drug-likeness (QED) is 0.655. The largest absolute Gasteiger partial charge is 0.388 e. The van der Waals surface area contributed by atoms with Crippen LogP contribution in [0.15, 0.2) is 30.5 Å². The Kier molecular flexibility index (Phi) is 5.78. The maximum Gasteiger partial charge on any atom is 0.323 e. The van der Waals surface area contributed by atoms with Gasteiger partial charge in [-0.05, 0) is 24.6 Å². The lowest BCUT2D eigenvalue weighted by Crippen LogP contribution is -2.50. The van der Waals surface area contributed by atoms with Crippen LogP contribution in [0.4, 0.5) is 24.5 Å². The normalized spacial score (nSPS) is 15.5. The molecular weight excluding hydrogens is 412 g/mol. The molecule has 0 saturated carbocycles. The average Bonchev–Trinajstić information content (AvgIpc) is 3.14. The molecule has 1 fully saturated rings. The van der Waals surface area contributed by atoms with Gasteiger partial charge in [0.05, 0.1) is 16.3 Å². The first-order valence-electron chi connectivity index (χ1n) is 9.65. The van der Waals surface area contributed by atoms with Crippen LogP contribution in [-0.4, -0.2) is 52.2 Å². The molecule has 30 heavy (non-hydrogen) atoms. The molecule has 3 aromatic rings. The number of rotatable bonds is 4. The van der Waals surface area contributed by atoms with Gasteiger partial charge in [0.1, 0.15) is 5.82 Å². The molecule has 10 heteroatoms. The highest BCUT2D eigenvalue weighted by Gasteiger charge is 2.25. The maximum absolute atomic E-state index is 14.5. The molecule has 7 nitrogen and oxygen atoms in total. The zero-order valence-electron chi connectivity index (χ0n) is 16.3. The molecule has 3 heterocycles. The van der Waals surface area contributed by atoms with Crippen LogP contribution in [0.1, 0.15) is 25.0 Å². The number of pyridine rings is 1. The van der Waals surface area contributed by atoms with Gasteiger partial charge in [0, 0.05) is 44.0 Å². The molecule has 2 N–H and O–H groups in total. The van der Waals surface area contributed by atoms with Gasteiger partial charge in [-0.25, -0.2) is 23.5 Å². The van der Waals surface area contributed by atoms with Crippen molar-refractivity contribution in [1.29, 1.82) is 0 Å². The summed E-state index contributed by atoms with van der Waals surface area (Å²) < 4.78 is 28.6. The highest BCUT2D eigenvalue weighted by atomic mass is 32.1. The first-order chi connectivity index (χ1) is 14.4. The van der Waals surface area contributed by atoms with Crippen LogP contribution < -0.4 is 10.2 Å². The van der Waals surface area contributed by atoms with E-state index in [0.717, 1.165) is 4.70 Å². The zero-order valence-corrected chi connectivity index (χ0v) is 17.1. The van der Waals surface area contributed by atoms with Gasteiger partial charge in [0.15, 0.2) is 16.8 Å². The number of nitrogens with one attached hydrogen (secondary N) is 1. The number of carbonyl (C=O) groups excluding carboxylic acids is 1. The van der Waals surface area contributed by atoms with Crippen molar-refractivity contribution in [2.45, 2.75) is 19.4 Å². The van der Waals surface area contributed by atoms with Gasteiger partial charge in [-0.15, -0.1) is 0 Å². The minimum atomic E-state index is -0.736. The molecule has 1 aliphatic heterocycles. The Labute approximate surface area is 176 Å². The minimum absolute atomic E-state index is 0.218. The monoisotopic (exact) mass is 433 g/mol. The molecule has 2 amide bonds. The molecule has 158 valence electrons. The number of hydrogen-bond donors (Lipinski definition) is 2. The van der Waals surface area contributed by atoms with Crippen LogP contribution in [0.3, 0.4) is 0 Å². The third kappa shape index (κ3) is 4.19. The summed E-state index contributed by atoms with van der Waals surface area (Å²) in [5.74, 6) is -0.644. The van der Waals surface area contributed by atoms with Crippen molar-refractivity contribution >= 4 is 38.5 Å². The summed E-state index contributed by atoms with van der Waals surface area (Å²) in [5.41, 5.74) is 0.950. The Morgan fingerprint density at radius 2 is 2.03 bits per heavy atom. The van der Waals surface area contributed by atoms with Crippen molar-refractivity contribution in [1.82, 2.24) is 14.9 Å². The number of carbonyl (C=O) groups is 1. The Bertz CT molecular complexity index is 1070. The van der Waals surface area contributed by atoms with Gasteiger partial charge in [-0.1, -0.05) is 18.3 Å². The van der Waals surface area contributed by atoms with E-state index in [1.165, 1.54) is 35.7 Å². The van der Waals surface area contributed by atoms with Crippen molar-refractivity contribution in [2.75, 3.05) is 36.4 Å². The number of aliphatic hydroxyl groups is 1. The molecule has 1 atom stereocenters. The highest BCUT2D eigenvalue weighted by molar-refractivity contribution is 7.22. The zero-order chi connectivity index (χ0) is 21.3. The van der Waals surface area contributed by atoms with Crippen molar-refractivity contribution in [3.05, 3.63) is 47.7 Å². The Morgan fingerprint density at radius 1 is 1.27 bits per heavy atom. The molecule has 0 unspecified atom stereocenters. The SMILES string of the molecule is CC[C@H](O)c1cnc(N2CCN(C(=O)Nc3nc4cc(F)ccc4s3)CC2)c(F)c1. The van der Waals surface area contributed by atoms with Crippen molar-refractivity contribution < 1.29 is 18.7 Å². The third-order valence-corrected chi connectivity index (χ3v) is 6.00. The number of hydrogen-bond acceptors (Lipinski definition) is 6. The lowest BCUT2D eigenvalue weighted by Gasteiger charge is -2.35. The lowest BCUT2D eigenvalue weighted by atomic mass is 10.1. The van der Waals surface area contributed by atoms with E-state index in [9.17, 15) is 18.7 Å². The second-order valence-electron chi connectivity index (χ2n) is 7.03. The second-order valence-corrected chi connectivity index (χ2v) is 8.06. The first-order valence-corrected chi connectivity index (χ1v) is 10.5. The first kappa shape index (κ1) is 20.4. The molecule has 4 rings (SSSR count). The number of thiazole rings is 1. The van der Waals surface area contributed by atoms with E-state index in [0.29, 0.717) is 48.8 Å². The van der Waals surface area contributed by atoms with E-state index in [-0.39, 0.29) is 17.7 Å². The van der Waals surface area contributed by atoms with Gasteiger partial charge in [0.2, 0.25) is 0 Å². The molecule has 0 aliphatic carbocycles. The van der Waals surface area contributed by atoms with Crippen LogP contribution in [0, 0.1) is 11.6 Å². The number of fused-ring (bicyclic) bond motifs is 1. The summed E-state index contributed by atoms with van der Waals surface area (Å²) in [6, 6.07) is 5.32. The Balaban J connectivity index is 1.37. The van der Waals surface area contributed by atoms with Crippen LogP contribution in [-0.2, 0) is 0 Å². The Morgan fingerprint density at radius 3 is 2.73 bits per heavy atom. The van der Waals surface area contributed by atoms with E-state index >= 15 is 0 Å². The van der Waals surface area contributed by atoms with Crippen LogP contribution in [0.25, 0.3) is 10.2 Å². The van der Waals surface area contributed by atoms with Crippen LogP contribution in [0.2, 0.25) is 0 Å². The number of aliphatic hydroxyl groups excluding tert-OH is 1. The smallest absolute Gasteiger partial charge is 0.323 e. The number of piperazine rings is 1. The molecule has 0 spiro atoms. The van der Waals surface area contributed by atoms with E-state index in [4.69, 9.17) is 0 Å². The van der Waals surface area contributed by atoms with Gasteiger partial charge < -0.3 is 14.9 Å². The van der Waals surface area contributed by atoms with E-state index in [1.54, 1.807) is 15.9 Å². The highest BCUT2D eigenvalue weighted by Crippen LogP contribution is 2.27. The molecule has 1 saturated heterocycles. The topological polar surface area (TPSA) is 81.6 Å². The summed E-state index contributed by atoms with van der Waals surface area (Å²) in [4.78, 5) is 24.4. The van der Waals surface area contributed by atoms with Crippen LogP contribution >= 0.6 is 11.3 Å².